The zero-order chi connectivity index (χ0) is 13.1. The monoisotopic (exact) mass is 263 g/mol. The molecule has 0 aliphatic carbocycles. The predicted octanol–water partition coefficient (Wildman–Crippen LogP) is 3.11. The largest absolute Gasteiger partial charge is 0.324 e. The van der Waals surface area contributed by atoms with E-state index in [0.717, 1.165) is 34.7 Å². The highest BCUT2D eigenvalue weighted by atomic mass is 35.5. The predicted molar refractivity (Wildman–Crippen MR) is 74.7 cm³/mol. The maximum Gasteiger partial charge on any atom is 0.0522 e. The number of nitrogens with two attached hydrogens (primary N) is 1. The van der Waals surface area contributed by atoms with E-state index in [9.17, 15) is 0 Å². The van der Waals surface area contributed by atoms with Gasteiger partial charge in [-0.2, -0.15) is 5.10 Å². The molecule has 2 N–H and O–H groups in total. The Morgan fingerprint density at radius 1 is 1.39 bits per heavy atom. The lowest BCUT2D eigenvalue weighted by Crippen LogP contribution is -2.13. The molecule has 0 aliphatic rings. The topological polar surface area (TPSA) is 43.8 Å². The number of nitrogens with zero attached hydrogens (tertiary/aromatic N) is 2. The van der Waals surface area contributed by atoms with Gasteiger partial charge >= 0.3 is 0 Å². The van der Waals surface area contributed by atoms with Gasteiger partial charge in [0.25, 0.3) is 0 Å². The second-order valence-electron chi connectivity index (χ2n) is 4.58. The minimum absolute atomic E-state index is 0.0445. The summed E-state index contributed by atoms with van der Waals surface area (Å²) >= 11 is 6.05. The second kappa shape index (κ2) is 5.55. The maximum absolute atomic E-state index is 6.22. The summed E-state index contributed by atoms with van der Waals surface area (Å²) in [7, 11) is 0. The fourth-order valence-electron chi connectivity index (χ4n) is 2.04. The molecule has 4 heteroatoms. The van der Waals surface area contributed by atoms with Crippen LogP contribution in [0.4, 0.5) is 0 Å². The van der Waals surface area contributed by atoms with Gasteiger partial charge in [0.1, 0.15) is 0 Å². The SMILES string of the molecule is CCn1cc(CC(N)c2cc(C)cc(Cl)c2)cn1. The highest BCUT2D eigenvalue weighted by molar-refractivity contribution is 6.30. The molecule has 1 atom stereocenters. The van der Waals surface area contributed by atoms with Crippen LogP contribution in [0.3, 0.4) is 0 Å². The van der Waals surface area contributed by atoms with Gasteiger partial charge in [0.15, 0.2) is 0 Å². The normalized spacial score (nSPS) is 12.7. The third kappa shape index (κ3) is 3.12. The first-order chi connectivity index (χ1) is 8.58. The molecule has 1 aromatic carbocycles. The summed E-state index contributed by atoms with van der Waals surface area (Å²) in [6, 6.07) is 5.91. The van der Waals surface area contributed by atoms with Gasteiger partial charge in [-0.1, -0.05) is 17.7 Å². The number of aromatic nitrogens is 2. The summed E-state index contributed by atoms with van der Waals surface area (Å²) in [5.41, 5.74) is 9.58. The van der Waals surface area contributed by atoms with Crippen molar-refractivity contribution < 1.29 is 0 Å². The lowest BCUT2D eigenvalue weighted by atomic mass is 10.00. The average molecular weight is 264 g/mol. The molecule has 0 saturated heterocycles. The van der Waals surface area contributed by atoms with Gasteiger partial charge in [-0.25, -0.2) is 0 Å². The van der Waals surface area contributed by atoms with E-state index in [0.29, 0.717) is 0 Å². The number of hydrogen-bond donors (Lipinski definition) is 1. The number of hydrogen-bond acceptors (Lipinski definition) is 2. The van der Waals surface area contributed by atoms with Crippen molar-refractivity contribution in [3.8, 4) is 0 Å². The molecule has 1 unspecified atom stereocenters. The summed E-state index contributed by atoms with van der Waals surface area (Å²) in [5.74, 6) is 0. The first-order valence-electron chi connectivity index (χ1n) is 6.12. The van der Waals surface area contributed by atoms with Crippen LogP contribution in [0.2, 0.25) is 5.02 Å². The first kappa shape index (κ1) is 13.1. The van der Waals surface area contributed by atoms with Crippen LogP contribution in [-0.2, 0) is 13.0 Å². The van der Waals surface area contributed by atoms with E-state index >= 15 is 0 Å². The third-order valence-electron chi connectivity index (χ3n) is 2.96. The quantitative estimate of drug-likeness (QED) is 0.921. The van der Waals surface area contributed by atoms with E-state index in [1.54, 1.807) is 0 Å². The third-order valence-corrected chi connectivity index (χ3v) is 3.18. The molecule has 2 aromatic rings. The second-order valence-corrected chi connectivity index (χ2v) is 5.01. The Labute approximate surface area is 113 Å². The van der Waals surface area contributed by atoms with Gasteiger partial charge in [-0.3, -0.25) is 4.68 Å². The smallest absolute Gasteiger partial charge is 0.0522 e. The molecule has 0 spiro atoms. The zero-order valence-corrected chi connectivity index (χ0v) is 11.5. The Hall–Kier alpha value is -1.32. The van der Waals surface area contributed by atoms with Crippen molar-refractivity contribution in [2.45, 2.75) is 32.9 Å². The van der Waals surface area contributed by atoms with E-state index in [4.69, 9.17) is 17.3 Å². The van der Waals surface area contributed by atoms with E-state index in [-0.39, 0.29) is 6.04 Å². The van der Waals surface area contributed by atoms with E-state index in [1.807, 2.05) is 36.1 Å². The van der Waals surface area contributed by atoms with Crippen LogP contribution in [0, 0.1) is 6.92 Å². The number of aryl methyl sites for hydroxylation is 2. The van der Waals surface area contributed by atoms with Gasteiger partial charge in [0, 0.05) is 23.8 Å². The summed E-state index contributed by atoms with van der Waals surface area (Å²) in [4.78, 5) is 0. The molecule has 0 bridgehead atoms. The molecule has 0 saturated carbocycles. The van der Waals surface area contributed by atoms with Gasteiger partial charge in [-0.05, 0) is 49.1 Å². The fraction of sp³-hybridized carbons (Fsp3) is 0.357. The van der Waals surface area contributed by atoms with Gasteiger partial charge in [0.05, 0.1) is 6.20 Å². The minimum Gasteiger partial charge on any atom is -0.324 e. The van der Waals surface area contributed by atoms with Gasteiger partial charge in [-0.15, -0.1) is 0 Å². The molecule has 0 amide bonds. The summed E-state index contributed by atoms with van der Waals surface area (Å²) < 4.78 is 1.91. The molecule has 0 radical (unpaired) electrons. The minimum atomic E-state index is -0.0445. The Balaban J connectivity index is 2.13. The zero-order valence-electron chi connectivity index (χ0n) is 10.7. The van der Waals surface area contributed by atoms with Crippen molar-refractivity contribution in [3.63, 3.8) is 0 Å². The maximum atomic E-state index is 6.22. The van der Waals surface area contributed by atoms with Crippen LogP contribution in [0.5, 0.6) is 0 Å². The van der Waals surface area contributed by atoms with Crippen LogP contribution in [0.25, 0.3) is 0 Å². The molecule has 0 fully saturated rings. The summed E-state index contributed by atoms with van der Waals surface area (Å²) in [6.07, 6.45) is 4.69. The van der Waals surface area contributed by atoms with Crippen molar-refractivity contribution in [1.29, 1.82) is 0 Å². The molecule has 96 valence electrons. The standard InChI is InChI=1S/C14H18ClN3/c1-3-18-9-11(8-17-18)6-14(16)12-4-10(2)5-13(15)7-12/h4-5,7-9,14H,3,6,16H2,1-2H3. The van der Waals surface area contributed by atoms with Gasteiger partial charge in [0.2, 0.25) is 0 Å². The highest BCUT2D eigenvalue weighted by Gasteiger charge is 2.10. The molecule has 1 heterocycles. The van der Waals surface area contributed by atoms with Crippen molar-refractivity contribution in [2.75, 3.05) is 0 Å². The summed E-state index contributed by atoms with van der Waals surface area (Å²) in [5, 5.41) is 4.99. The van der Waals surface area contributed by atoms with Crippen LogP contribution in [-0.4, -0.2) is 9.78 Å². The highest BCUT2D eigenvalue weighted by Crippen LogP contribution is 2.21. The van der Waals surface area contributed by atoms with Crippen LogP contribution < -0.4 is 5.73 Å². The van der Waals surface area contributed by atoms with Crippen LogP contribution in [0.1, 0.15) is 29.7 Å². The van der Waals surface area contributed by atoms with Crippen LogP contribution >= 0.6 is 11.6 Å². The Kier molecular flexibility index (Phi) is 4.04. The van der Waals surface area contributed by atoms with E-state index in [1.165, 1.54) is 0 Å². The Bertz CT molecular complexity index is 513. The number of halogens is 1. The number of rotatable bonds is 4. The van der Waals surface area contributed by atoms with Crippen molar-refractivity contribution >= 4 is 11.6 Å². The molecule has 1 aromatic heterocycles. The lowest BCUT2D eigenvalue weighted by Gasteiger charge is -2.12. The fourth-order valence-corrected chi connectivity index (χ4v) is 2.33. The van der Waals surface area contributed by atoms with Crippen molar-refractivity contribution in [3.05, 3.63) is 52.3 Å². The molecule has 3 nitrogen and oxygen atoms in total. The van der Waals surface area contributed by atoms with E-state index in [2.05, 4.69) is 18.1 Å². The molecular formula is C14H18ClN3. The van der Waals surface area contributed by atoms with Gasteiger partial charge < -0.3 is 5.73 Å². The van der Waals surface area contributed by atoms with Crippen molar-refractivity contribution in [2.24, 2.45) is 5.73 Å². The Morgan fingerprint density at radius 2 is 2.17 bits per heavy atom. The molecule has 18 heavy (non-hydrogen) atoms. The van der Waals surface area contributed by atoms with Crippen molar-refractivity contribution in [1.82, 2.24) is 9.78 Å². The number of benzene rings is 1. The molecular weight excluding hydrogens is 246 g/mol. The lowest BCUT2D eigenvalue weighted by molar-refractivity contribution is 0.657. The van der Waals surface area contributed by atoms with Crippen LogP contribution in [0.15, 0.2) is 30.6 Å². The average Bonchev–Trinajstić information content (AvgIpc) is 2.75. The first-order valence-corrected chi connectivity index (χ1v) is 6.50. The summed E-state index contributed by atoms with van der Waals surface area (Å²) in [6.45, 7) is 4.97. The van der Waals surface area contributed by atoms with E-state index < -0.39 is 0 Å². The Morgan fingerprint density at radius 3 is 2.78 bits per heavy atom. The molecule has 2 rings (SSSR count). The molecule has 0 aliphatic heterocycles.